The number of nitrogens with one attached hydrogen (secondary N) is 1. The topological polar surface area (TPSA) is 104 Å². The van der Waals surface area contributed by atoms with Crippen LogP contribution in [0.5, 0.6) is 0 Å². The molecule has 2 heterocycles. The van der Waals surface area contributed by atoms with Crippen molar-refractivity contribution in [3.05, 3.63) is 24.3 Å². The Labute approximate surface area is 160 Å². The summed E-state index contributed by atoms with van der Waals surface area (Å²) in [4.78, 5) is 16.7. The average Bonchev–Trinajstić information content (AvgIpc) is 2.95. The van der Waals surface area contributed by atoms with E-state index in [1.54, 1.807) is 12.1 Å². The van der Waals surface area contributed by atoms with Gasteiger partial charge in [-0.25, -0.2) is 16.8 Å². The summed E-state index contributed by atoms with van der Waals surface area (Å²) in [6.07, 6.45) is 1.84. The number of carbonyl (C=O) groups is 1. The van der Waals surface area contributed by atoms with Gasteiger partial charge in [0.15, 0.2) is 19.7 Å². The first-order chi connectivity index (χ1) is 12.6. The molecule has 1 amide bonds. The molecule has 150 valence electrons. The van der Waals surface area contributed by atoms with E-state index in [-0.39, 0.29) is 34.9 Å². The van der Waals surface area contributed by atoms with Crippen LogP contribution in [0.25, 0.3) is 0 Å². The molecule has 8 nitrogen and oxygen atoms in total. The monoisotopic (exact) mass is 415 g/mol. The van der Waals surface area contributed by atoms with Crippen LogP contribution < -0.4 is 5.32 Å². The molecule has 2 fully saturated rings. The second-order valence-corrected chi connectivity index (χ2v) is 11.5. The number of nitrogens with zero attached hydrogens (tertiary/aromatic N) is 2. The molecule has 0 aromatic heterocycles. The first-order valence-corrected chi connectivity index (χ1v) is 12.6. The quantitative estimate of drug-likeness (QED) is 0.712. The summed E-state index contributed by atoms with van der Waals surface area (Å²) in [5, 5.41) is 2.78. The van der Waals surface area contributed by atoms with Crippen LogP contribution in [0.15, 0.2) is 29.2 Å². The fourth-order valence-corrected chi connectivity index (χ4v) is 5.93. The molecule has 0 saturated carbocycles. The fraction of sp³-hybridized carbons (Fsp3) is 0.588. The molecule has 1 atom stereocenters. The molecule has 10 heteroatoms. The SMILES string of the molecule is CS(=O)(=O)c1ccc(NC(=O)CN2CCN([C@@H]3CCS(=O)(=O)C3)CC2)cc1. The molecule has 0 radical (unpaired) electrons. The van der Waals surface area contributed by atoms with E-state index in [9.17, 15) is 21.6 Å². The summed E-state index contributed by atoms with van der Waals surface area (Å²) in [7, 11) is -6.14. The van der Waals surface area contributed by atoms with Gasteiger partial charge in [0.05, 0.1) is 22.9 Å². The minimum Gasteiger partial charge on any atom is -0.325 e. The number of amides is 1. The van der Waals surface area contributed by atoms with Crippen molar-refractivity contribution < 1.29 is 21.6 Å². The Bertz CT molecular complexity index is 889. The highest BCUT2D eigenvalue weighted by molar-refractivity contribution is 7.91. The Morgan fingerprint density at radius 1 is 1.15 bits per heavy atom. The van der Waals surface area contributed by atoms with Crippen molar-refractivity contribution >= 4 is 31.3 Å². The summed E-state index contributed by atoms with van der Waals surface area (Å²) in [6, 6.07) is 6.21. The third kappa shape index (κ3) is 5.50. The van der Waals surface area contributed by atoms with Gasteiger partial charge in [-0.2, -0.15) is 0 Å². The van der Waals surface area contributed by atoms with E-state index < -0.39 is 19.7 Å². The van der Waals surface area contributed by atoms with E-state index in [0.29, 0.717) is 12.1 Å². The number of hydrogen-bond donors (Lipinski definition) is 1. The number of anilines is 1. The van der Waals surface area contributed by atoms with Crippen LogP contribution in [0.4, 0.5) is 5.69 Å². The van der Waals surface area contributed by atoms with Gasteiger partial charge in [0.2, 0.25) is 5.91 Å². The largest absolute Gasteiger partial charge is 0.325 e. The number of sulfone groups is 2. The van der Waals surface area contributed by atoms with Crippen molar-refractivity contribution in [3.63, 3.8) is 0 Å². The van der Waals surface area contributed by atoms with Crippen molar-refractivity contribution in [1.82, 2.24) is 9.80 Å². The van der Waals surface area contributed by atoms with Crippen LogP contribution in [-0.4, -0.2) is 89.1 Å². The summed E-state index contributed by atoms with van der Waals surface area (Å²) in [5.41, 5.74) is 0.558. The van der Waals surface area contributed by atoms with Crippen molar-refractivity contribution in [3.8, 4) is 0 Å². The first-order valence-electron chi connectivity index (χ1n) is 8.89. The van der Waals surface area contributed by atoms with Gasteiger partial charge in [-0.05, 0) is 30.7 Å². The normalized spacial score (nSPS) is 24.0. The summed E-state index contributed by atoms with van der Waals surface area (Å²) < 4.78 is 46.1. The van der Waals surface area contributed by atoms with Crippen LogP contribution in [-0.2, 0) is 24.5 Å². The smallest absolute Gasteiger partial charge is 0.238 e. The lowest BCUT2D eigenvalue weighted by atomic mass is 10.2. The number of carbonyl (C=O) groups excluding carboxylic acids is 1. The zero-order chi connectivity index (χ0) is 19.7. The molecular formula is C17H25N3O5S2. The Morgan fingerprint density at radius 3 is 2.30 bits per heavy atom. The van der Waals surface area contributed by atoms with E-state index in [4.69, 9.17) is 0 Å². The molecule has 1 aromatic carbocycles. The van der Waals surface area contributed by atoms with Crippen LogP contribution in [0.2, 0.25) is 0 Å². The molecule has 2 saturated heterocycles. The van der Waals surface area contributed by atoms with Crippen LogP contribution in [0.1, 0.15) is 6.42 Å². The number of hydrogen-bond acceptors (Lipinski definition) is 7. The maximum atomic E-state index is 12.2. The van der Waals surface area contributed by atoms with Gasteiger partial charge in [0.1, 0.15) is 0 Å². The maximum absolute atomic E-state index is 12.2. The van der Waals surface area contributed by atoms with E-state index in [1.807, 2.05) is 4.90 Å². The third-order valence-electron chi connectivity index (χ3n) is 5.07. The lowest BCUT2D eigenvalue weighted by molar-refractivity contribution is -0.117. The Kier molecular flexibility index (Phi) is 5.90. The fourth-order valence-electron chi connectivity index (χ4n) is 3.54. The van der Waals surface area contributed by atoms with E-state index in [0.717, 1.165) is 32.4 Å². The lowest BCUT2D eigenvalue weighted by Crippen LogP contribution is -2.52. The summed E-state index contributed by atoms with van der Waals surface area (Å²) in [5.74, 6) is 0.369. The third-order valence-corrected chi connectivity index (χ3v) is 7.94. The number of rotatable bonds is 5. The molecule has 0 spiro atoms. The standard InChI is InChI=1S/C17H25N3O5S2/c1-26(22,23)16-4-2-14(3-5-16)18-17(21)12-19-7-9-20(10-8-19)15-6-11-27(24,25)13-15/h2-5,15H,6-13H2,1H3,(H,18,21)/t15-/m1/s1. The highest BCUT2D eigenvalue weighted by Crippen LogP contribution is 2.19. The molecule has 0 unspecified atom stereocenters. The molecule has 1 N–H and O–H groups in total. The molecule has 2 aliphatic rings. The highest BCUT2D eigenvalue weighted by atomic mass is 32.2. The van der Waals surface area contributed by atoms with Crippen LogP contribution in [0, 0.1) is 0 Å². The van der Waals surface area contributed by atoms with Crippen molar-refractivity contribution in [2.45, 2.75) is 17.4 Å². The van der Waals surface area contributed by atoms with Crippen molar-refractivity contribution in [2.24, 2.45) is 0 Å². The molecule has 2 aliphatic heterocycles. The lowest BCUT2D eigenvalue weighted by Gasteiger charge is -2.37. The minimum absolute atomic E-state index is 0.110. The second-order valence-electron chi connectivity index (χ2n) is 7.21. The van der Waals surface area contributed by atoms with Gasteiger partial charge in [-0.3, -0.25) is 14.6 Å². The Hall–Kier alpha value is -1.49. The predicted molar refractivity (Wildman–Crippen MR) is 103 cm³/mol. The second kappa shape index (κ2) is 7.86. The molecular weight excluding hydrogens is 390 g/mol. The van der Waals surface area contributed by atoms with Gasteiger partial charge in [-0.15, -0.1) is 0 Å². The van der Waals surface area contributed by atoms with Gasteiger partial charge in [0.25, 0.3) is 0 Å². The summed E-state index contributed by atoms with van der Waals surface area (Å²) in [6.45, 7) is 3.21. The minimum atomic E-state index is -3.25. The Balaban J connectivity index is 1.46. The maximum Gasteiger partial charge on any atom is 0.238 e. The first kappa shape index (κ1) is 20.2. The predicted octanol–water partition coefficient (Wildman–Crippen LogP) is -0.167. The molecule has 0 bridgehead atoms. The highest BCUT2D eigenvalue weighted by Gasteiger charge is 2.33. The summed E-state index contributed by atoms with van der Waals surface area (Å²) >= 11 is 0. The Morgan fingerprint density at radius 2 is 1.78 bits per heavy atom. The molecule has 3 rings (SSSR count). The van der Waals surface area contributed by atoms with Gasteiger partial charge in [0, 0.05) is 44.2 Å². The van der Waals surface area contributed by atoms with Gasteiger partial charge in [-0.1, -0.05) is 0 Å². The molecule has 0 aliphatic carbocycles. The zero-order valence-electron chi connectivity index (χ0n) is 15.3. The van der Waals surface area contributed by atoms with Crippen molar-refractivity contribution in [1.29, 1.82) is 0 Å². The van der Waals surface area contributed by atoms with E-state index in [2.05, 4.69) is 10.2 Å². The number of piperazine rings is 1. The number of benzene rings is 1. The molecule has 27 heavy (non-hydrogen) atoms. The average molecular weight is 416 g/mol. The van der Waals surface area contributed by atoms with E-state index >= 15 is 0 Å². The van der Waals surface area contributed by atoms with Crippen LogP contribution >= 0.6 is 0 Å². The molecule has 1 aromatic rings. The zero-order valence-corrected chi connectivity index (χ0v) is 16.9. The van der Waals surface area contributed by atoms with Crippen LogP contribution in [0.3, 0.4) is 0 Å². The van der Waals surface area contributed by atoms with Gasteiger partial charge < -0.3 is 5.32 Å². The van der Waals surface area contributed by atoms with Gasteiger partial charge >= 0.3 is 0 Å². The van der Waals surface area contributed by atoms with Crippen molar-refractivity contribution in [2.75, 3.05) is 55.8 Å². The van der Waals surface area contributed by atoms with E-state index in [1.165, 1.54) is 12.1 Å².